The Bertz CT molecular complexity index is 381. The predicted octanol–water partition coefficient (Wildman–Crippen LogP) is 2.49. The zero-order chi connectivity index (χ0) is 12.1. The molecule has 16 heavy (non-hydrogen) atoms. The predicted molar refractivity (Wildman–Crippen MR) is 60.7 cm³/mol. The minimum absolute atomic E-state index is 0.160. The minimum atomic E-state index is -0.599. The summed E-state index contributed by atoms with van der Waals surface area (Å²) in [6, 6.07) is 4.51. The molecule has 0 saturated heterocycles. The summed E-state index contributed by atoms with van der Waals surface area (Å²) in [5.74, 6) is -1.45. The molecule has 3 nitrogen and oxygen atoms in total. The summed E-state index contributed by atoms with van der Waals surface area (Å²) in [6.45, 7) is 0.160. The van der Waals surface area contributed by atoms with E-state index in [2.05, 4.69) is 20.7 Å². The fourth-order valence-electron chi connectivity index (χ4n) is 1.34. The van der Waals surface area contributed by atoms with Crippen LogP contribution in [0.4, 0.5) is 4.39 Å². The van der Waals surface area contributed by atoms with Gasteiger partial charge in [-0.1, -0.05) is 6.07 Å². The molecule has 0 aliphatic carbocycles. The first kappa shape index (κ1) is 13.1. The van der Waals surface area contributed by atoms with Gasteiger partial charge in [0.15, 0.2) is 0 Å². The van der Waals surface area contributed by atoms with E-state index in [0.717, 1.165) is 0 Å². The topological polar surface area (TPSA) is 35.5 Å². The van der Waals surface area contributed by atoms with Gasteiger partial charge in [-0.25, -0.2) is 4.39 Å². The lowest BCUT2D eigenvalue weighted by atomic mass is 10.0. The summed E-state index contributed by atoms with van der Waals surface area (Å²) in [4.78, 5) is 11.5. The van der Waals surface area contributed by atoms with Crippen LogP contribution in [0.1, 0.15) is 11.5 Å². The number of hydrogen-bond acceptors (Lipinski definition) is 3. The number of benzene rings is 1. The van der Waals surface area contributed by atoms with Gasteiger partial charge in [-0.05, 0) is 33.6 Å². The highest BCUT2D eigenvalue weighted by Gasteiger charge is 2.22. The van der Waals surface area contributed by atoms with Gasteiger partial charge in [-0.2, -0.15) is 0 Å². The molecule has 1 rings (SSSR count). The van der Waals surface area contributed by atoms with Crippen LogP contribution >= 0.6 is 15.9 Å². The van der Waals surface area contributed by atoms with Crippen LogP contribution in [0.3, 0.4) is 0 Å². The lowest BCUT2D eigenvalue weighted by Gasteiger charge is -2.14. The van der Waals surface area contributed by atoms with E-state index in [0.29, 0.717) is 10.0 Å². The number of hydrogen-bond donors (Lipinski definition) is 0. The first-order chi connectivity index (χ1) is 7.60. The SMILES string of the molecule is COCC(C(=O)OC)c1ccc(Br)c(F)c1. The number of rotatable bonds is 4. The fraction of sp³-hybridized carbons (Fsp3) is 0.364. The van der Waals surface area contributed by atoms with Crippen molar-refractivity contribution in [2.75, 3.05) is 20.8 Å². The highest BCUT2D eigenvalue weighted by molar-refractivity contribution is 9.10. The van der Waals surface area contributed by atoms with Gasteiger partial charge in [0.25, 0.3) is 0 Å². The lowest BCUT2D eigenvalue weighted by Crippen LogP contribution is -2.19. The third-order valence-corrected chi connectivity index (χ3v) is 2.81. The molecule has 88 valence electrons. The van der Waals surface area contributed by atoms with Crippen molar-refractivity contribution in [2.24, 2.45) is 0 Å². The molecule has 5 heteroatoms. The average molecular weight is 291 g/mol. The molecule has 0 saturated carbocycles. The molecule has 0 spiro atoms. The maximum Gasteiger partial charge on any atom is 0.315 e. The second-order valence-corrected chi connectivity index (χ2v) is 4.06. The van der Waals surface area contributed by atoms with Gasteiger partial charge in [-0.3, -0.25) is 4.79 Å². The second kappa shape index (κ2) is 5.96. The smallest absolute Gasteiger partial charge is 0.315 e. The molecule has 0 aliphatic rings. The van der Waals surface area contributed by atoms with E-state index < -0.39 is 17.7 Å². The molecule has 0 radical (unpaired) electrons. The van der Waals surface area contributed by atoms with Crippen molar-refractivity contribution in [2.45, 2.75) is 5.92 Å². The number of methoxy groups -OCH3 is 2. The average Bonchev–Trinajstić information content (AvgIpc) is 2.29. The Kier molecular flexibility index (Phi) is 4.89. The van der Waals surface area contributed by atoms with Crippen LogP contribution in [0.5, 0.6) is 0 Å². The van der Waals surface area contributed by atoms with Crippen molar-refractivity contribution in [1.82, 2.24) is 0 Å². The van der Waals surface area contributed by atoms with Crippen molar-refractivity contribution in [3.8, 4) is 0 Å². The zero-order valence-corrected chi connectivity index (χ0v) is 10.6. The third-order valence-electron chi connectivity index (χ3n) is 2.17. The summed E-state index contributed by atoms with van der Waals surface area (Å²) in [5, 5.41) is 0. The van der Waals surface area contributed by atoms with Gasteiger partial charge in [0.1, 0.15) is 11.7 Å². The fourth-order valence-corrected chi connectivity index (χ4v) is 1.59. The Morgan fingerprint density at radius 3 is 2.69 bits per heavy atom. The molecule has 0 fully saturated rings. The van der Waals surface area contributed by atoms with Crippen LogP contribution in [0.25, 0.3) is 0 Å². The van der Waals surface area contributed by atoms with Crippen molar-refractivity contribution in [3.63, 3.8) is 0 Å². The highest BCUT2D eigenvalue weighted by Crippen LogP contribution is 2.23. The Morgan fingerprint density at radius 2 is 2.19 bits per heavy atom. The van der Waals surface area contributed by atoms with E-state index in [1.165, 1.54) is 20.3 Å². The third kappa shape index (κ3) is 3.02. The van der Waals surface area contributed by atoms with E-state index >= 15 is 0 Å². The number of carbonyl (C=O) groups excluding carboxylic acids is 1. The minimum Gasteiger partial charge on any atom is -0.468 e. The molecule has 1 aromatic carbocycles. The van der Waals surface area contributed by atoms with Gasteiger partial charge in [0, 0.05) is 7.11 Å². The summed E-state index contributed by atoms with van der Waals surface area (Å²) >= 11 is 3.05. The van der Waals surface area contributed by atoms with Crippen LogP contribution in [0, 0.1) is 5.82 Å². The van der Waals surface area contributed by atoms with Gasteiger partial charge in [0.2, 0.25) is 0 Å². The van der Waals surface area contributed by atoms with Crippen molar-refractivity contribution in [3.05, 3.63) is 34.1 Å². The Balaban J connectivity index is 3.01. The number of carbonyl (C=O) groups is 1. The quantitative estimate of drug-likeness (QED) is 0.800. The second-order valence-electron chi connectivity index (χ2n) is 3.20. The van der Waals surface area contributed by atoms with Crippen LogP contribution in [0.15, 0.2) is 22.7 Å². The molecule has 0 heterocycles. The van der Waals surface area contributed by atoms with Crippen LogP contribution < -0.4 is 0 Å². The summed E-state index contributed by atoms with van der Waals surface area (Å²) in [6.07, 6.45) is 0. The molecule has 0 aromatic heterocycles. The maximum absolute atomic E-state index is 13.3. The van der Waals surface area contributed by atoms with E-state index in [9.17, 15) is 9.18 Å². The zero-order valence-electron chi connectivity index (χ0n) is 9.00. The van der Waals surface area contributed by atoms with E-state index in [1.54, 1.807) is 12.1 Å². The van der Waals surface area contributed by atoms with E-state index in [-0.39, 0.29) is 6.61 Å². The highest BCUT2D eigenvalue weighted by atomic mass is 79.9. The molecule has 0 amide bonds. The summed E-state index contributed by atoms with van der Waals surface area (Å²) < 4.78 is 23.2. The number of halogens is 2. The molecule has 0 N–H and O–H groups in total. The Hall–Kier alpha value is -0.940. The van der Waals surface area contributed by atoms with Crippen molar-refractivity contribution >= 4 is 21.9 Å². The molecule has 1 unspecified atom stereocenters. The maximum atomic E-state index is 13.3. The normalized spacial score (nSPS) is 12.2. The molecular weight excluding hydrogens is 279 g/mol. The van der Waals surface area contributed by atoms with Gasteiger partial charge >= 0.3 is 5.97 Å². The van der Waals surface area contributed by atoms with Crippen molar-refractivity contribution in [1.29, 1.82) is 0 Å². The molecular formula is C11H12BrFO3. The summed E-state index contributed by atoms with van der Waals surface area (Å²) in [7, 11) is 2.77. The first-order valence-corrected chi connectivity index (χ1v) is 5.41. The molecule has 0 aliphatic heterocycles. The number of esters is 1. The lowest BCUT2D eigenvalue weighted by molar-refractivity contribution is -0.143. The standard InChI is InChI=1S/C11H12BrFO3/c1-15-6-8(11(14)16-2)7-3-4-9(12)10(13)5-7/h3-5,8H,6H2,1-2H3. The van der Waals surface area contributed by atoms with Crippen molar-refractivity contribution < 1.29 is 18.7 Å². The van der Waals surface area contributed by atoms with Crippen LogP contribution in [0.2, 0.25) is 0 Å². The first-order valence-electron chi connectivity index (χ1n) is 4.62. The van der Waals surface area contributed by atoms with E-state index in [4.69, 9.17) is 4.74 Å². The van der Waals surface area contributed by atoms with Gasteiger partial charge in [-0.15, -0.1) is 0 Å². The van der Waals surface area contributed by atoms with Crippen LogP contribution in [-0.2, 0) is 14.3 Å². The Labute approximate surface area is 102 Å². The summed E-state index contributed by atoms with van der Waals surface area (Å²) in [5.41, 5.74) is 0.536. The monoisotopic (exact) mass is 290 g/mol. The molecule has 0 bridgehead atoms. The van der Waals surface area contributed by atoms with Gasteiger partial charge in [0.05, 0.1) is 18.2 Å². The largest absolute Gasteiger partial charge is 0.468 e. The number of ether oxygens (including phenoxy) is 2. The molecule has 1 atom stereocenters. The van der Waals surface area contributed by atoms with E-state index in [1.807, 2.05) is 0 Å². The molecule has 1 aromatic rings. The van der Waals surface area contributed by atoms with Gasteiger partial charge < -0.3 is 9.47 Å². The Morgan fingerprint density at radius 1 is 1.50 bits per heavy atom. The van der Waals surface area contributed by atoms with Crippen LogP contribution in [-0.4, -0.2) is 26.8 Å².